The molecule has 0 aliphatic rings. The number of alkyl halides is 4. The summed E-state index contributed by atoms with van der Waals surface area (Å²) in [5, 5.41) is 0.476. The number of hydrogen-bond donors (Lipinski definition) is 0. The Bertz CT molecular complexity index is 329. The van der Waals surface area contributed by atoms with Gasteiger partial charge in [0.25, 0.3) is 0 Å². The van der Waals surface area contributed by atoms with Crippen molar-refractivity contribution in [1.29, 1.82) is 0 Å². The Morgan fingerprint density at radius 2 is 1.93 bits per heavy atom. The van der Waals surface area contributed by atoms with Crippen molar-refractivity contribution in [3.8, 4) is 0 Å². The van der Waals surface area contributed by atoms with Crippen molar-refractivity contribution in [2.24, 2.45) is 0 Å². The van der Waals surface area contributed by atoms with Gasteiger partial charge in [0.2, 0.25) is 0 Å². The Balaban J connectivity index is 2.55. The zero-order valence-corrected chi connectivity index (χ0v) is 10.6. The highest BCUT2D eigenvalue weighted by atomic mass is 79.9. The zero-order valence-electron chi connectivity index (χ0n) is 7.39. The minimum absolute atomic E-state index is 0.0900. The lowest BCUT2D eigenvalue weighted by atomic mass is 10.4. The van der Waals surface area contributed by atoms with E-state index in [1.807, 2.05) is 0 Å². The largest absolute Gasteiger partial charge is 0.402 e. The van der Waals surface area contributed by atoms with E-state index in [-0.39, 0.29) is 5.75 Å². The number of thioether (sulfide) groups is 1. The molecule has 0 saturated carbocycles. The van der Waals surface area contributed by atoms with Gasteiger partial charge in [-0.15, -0.1) is 11.8 Å². The van der Waals surface area contributed by atoms with Gasteiger partial charge in [-0.25, -0.2) is 0 Å². The molecular formula is C9H7BrClF3S. The van der Waals surface area contributed by atoms with Crippen LogP contribution >= 0.6 is 39.3 Å². The Labute approximate surface area is 103 Å². The van der Waals surface area contributed by atoms with Crippen LogP contribution in [0.15, 0.2) is 29.2 Å². The molecule has 0 fully saturated rings. The SMILES string of the molecule is FC(F)(F)C(Br)CSc1ccccc1Cl. The Kier molecular flexibility index (Phi) is 4.80. The minimum atomic E-state index is -4.21. The molecule has 0 nitrogen and oxygen atoms in total. The average Bonchev–Trinajstić information content (AvgIpc) is 2.14. The van der Waals surface area contributed by atoms with Crippen molar-refractivity contribution in [2.75, 3.05) is 5.75 Å². The molecule has 0 saturated heterocycles. The van der Waals surface area contributed by atoms with E-state index >= 15 is 0 Å². The zero-order chi connectivity index (χ0) is 11.5. The van der Waals surface area contributed by atoms with E-state index in [4.69, 9.17) is 11.6 Å². The predicted molar refractivity (Wildman–Crippen MR) is 60.9 cm³/mol. The summed E-state index contributed by atoms with van der Waals surface area (Å²) in [6.45, 7) is 0. The fraction of sp³-hybridized carbons (Fsp3) is 0.333. The van der Waals surface area contributed by atoms with E-state index in [2.05, 4.69) is 15.9 Å². The summed E-state index contributed by atoms with van der Waals surface area (Å²) < 4.78 is 36.5. The summed E-state index contributed by atoms with van der Waals surface area (Å²) in [4.78, 5) is -0.848. The van der Waals surface area contributed by atoms with E-state index in [1.165, 1.54) is 0 Å². The van der Waals surface area contributed by atoms with Crippen LogP contribution in [0.1, 0.15) is 0 Å². The van der Waals surface area contributed by atoms with Crippen molar-refractivity contribution in [3.63, 3.8) is 0 Å². The number of halogens is 5. The van der Waals surface area contributed by atoms with Crippen LogP contribution in [0.4, 0.5) is 13.2 Å². The van der Waals surface area contributed by atoms with Crippen LogP contribution < -0.4 is 0 Å². The number of rotatable bonds is 3. The second kappa shape index (κ2) is 5.46. The van der Waals surface area contributed by atoms with Crippen LogP contribution in [0.2, 0.25) is 5.02 Å². The first kappa shape index (κ1) is 13.2. The standard InChI is InChI=1S/C9H7BrClF3S/c10-8(9(12,13)14)5-15-7-4-2-1-3-6(7)11/h1-4,8H,5H2. The van der Waals surface area contributed by atoms with Gasteiger partial charge in [0.05, 0.1) is 5.02 Å². The Morgan fingerprint density at radius 1 is 1.33 bits per heavy atom. The predicted octanol–water partition coefficient (Wildman–Crippen LogP) is 4.76. The molecule has 1 aromatic carbocycles. The van der Waals surface area contributed by atoms with E-state index in [1.54, 1.807) is 24.3 Å². The fourth-order valence-corrected chi connectivity index (χ4v) is 2.41. The Hall–Kier alpha value is 0.130. The monoisotopic (exact) mass is 318 g/mol. The van der Waals surface area contributed by atoms with Crippen LogP contribution in [0, 0.1) is 0 Å². The molecule has 84 valence electrons. The van der Waals surface area contributed by atoms with Crippen LogP contribution in [0.3, 0.4) is 0 Å². The summed E-state index contributed by atoms with van der Waals surface area (Å²) in [5.41, 5.74) is 0. The first-order chi connectivity index (χ1) is 6.91. The number of hydrogen-bond acceptors (Lipinski definition) is 1. The summed E-state index contributed by atoms with van der Waals surface area (Å²) in [7, 11) is 0. The molecule has 6 heteroatoms. The molecule has 0 heterocycles. The molecule has 0 aromatic heterocycles. The lowest BCUT2D eigenvalue weighted by Crippen LogP contribution is -2.24. The summed E-state index contributed by atoms with van der Waals surface area (Å²) >= 11 is 9.48. The second-order valence-corrected chi connectivity index (χ2v) is 5.32. The lowest BCUT2D eigenvalue weighted by molar-refractivity contribution is -0.122. The average molecular weight is 320 g/mol. The second-order valence-electron chi connectivity index (χ2n) is 2.75. The normalized spacial score (nSPS) is 13.9. The molecule has 0 aliphatic carbocycles. The lowest BCUT2D eigenvalue weighted by Gasteiger charge is -2.13. The van der Waals surface area contributed by atoms with Crippen molar-refractivity contribution >= 4 is 39.3 Å². The van der Waals surface area contributed by atoms with Gasteiger partial charge >= 0.3 is 6.18 Å². The summed E-state index contributed by atoms with van der Waals surface area (Å²) in [6.07, 6.45) is -4.21. The molecular weight excluding hydrogens is 313 g/mol. The molecule has 0 bridgehead atoms. The maximum Gasteiger partial charge on any atom is 0.402 e. The van der Waals surface area contributed by atoms with Gasteiger partial charge in [-0.05, 0) is 12.1 Å². The first-order valence-corrected chi connectivity index (χ1v) is 6.27. The molecule has 0 radical (unpaired) electrons. The van der Waals surface area contributed by atoms with E-state index in [0.717, 1.165) is 11.8 Å². The fourth-order valence-electron chi connectivity index (χ4n) is 0.819. The van der Waals surface area contributed by atoms with Crippen molar-refractivity contribution in [3.05, 3.63) is 29.3 Å². The van der Waals surface area contributed by atoms with Crippen LogP contribution in [0.5, 0.6) is 0 Å². The highest BCUT2D eigenvalue weighted by molar-refractivity contribution is 9.09. The first-order valence-electron chi connectivity index (χ1n) is 3.99. The van der Waals surface area contributed by atoms with Gasteiger partial charge < -0.3 is 0 Å². The molecule has 0 amide bonds. The molecule has 0 spiro atoms. The molecule has 15 heavy (non-hydrogen) atoms. The third-order valence-corrected chi connectivity index (χ3v) is 4.46. The number of benzene rings is 1. The highest BCUT2D eigenvalue weighted by Gasteiger charge is 2.37. The van der Waals surface area contributed by atoms with Gasteiger partial charge in [-0.3, -0.25) is 0 Å². The van der Waals surface area contributed by atoms with E-state index < -0.39 is 11.0 Å². The van der Waals surface area contributed by atoms with Gasteiger partial charge in [0.15, 0.2) is 0 Å². The molecule has 1 rings (SSSR count). The summed E-state index contributed by atoms with van der Waals surface area (Å²) in [6, 6.07) is 6.83. The van der Waals surface area contributed by atoms with Crippen molar-refractivity contribution in [2.45, 2.75) is 15.9 Å². The quantitative estimate of drug-likeness (QED) is 0.572. The molecule has 1 aromatic rings. The molecule has 1 atom stereocenters. The smallest absolute Gasteiger partial charge is 0.170 e. The van der Waals surface area contributed by atoms with Gasteiger partial charge in [0.1, 0.15) is 4.83 Å². The topological polar surface area (TPSA) is 0 Å². The van der Waals surface area contributed by atoms with E-state index in [9.17, 15) is 13.2 Å². The minimum Gasteiger partial charge on any atom is -0.170 e. The summed E-state index contributed by atoms with van der Waals surface area (Å²) in [5.74, 6) is -0.0900. The van der Waals surface area contributed by atoms with Gasteiger partial charge in [0, 0.05) is 10.6 Å². The van der Waals surface area contributed by atoms with E-state index in [0.29, 0.717) is 9.92 Å². The van der Waals surface area contributed by atoms with Crippen LogP contribution in [0.25, 0.3) is 0 Å². The molecule has 0 aliphatic heterocycles. The van der Waals surface area contributed by atoms with Crippen LogP contribution in [-0.4, -0.2) is 16.8 Å². The third-order valence-electron chi connectivity index (χ3n) is 1.58. The third kappa shape index (κ3) is 4.25. The molecule has 1 unspecified atom stereocenters. The maximum atomic E-state index is 12.2. The van der Waals surface area contributed by atoms with Gasteiger partial charge in [-0.1, -0.05) is 39.7 Å². The van der Waals surface area contributed by atoms with Gasteiger partial charge in [-0.2, -0.15) is 13.2 Å². The highest BCUT2D eigenvalue weighted by Crippen LogP contribution is 2.33. The van der Waals surface area contributed by atoms with Crippen molar-refractivity contribution < 1.29 is 13.2 Å². The van der Waals surface area contributed by atoms with Crippen molar-refractivity contribution in [1.82, 2.24) is 0 Å². The Morgan fingerprint density at radius 3 is 2.47 bits per heavy atom. The molecule has 0 N–H and O–H groups in total. The van der Waals surface area contributed by atoms with Crippen LogP contribution in [-0.2, 0) is 0 Å². The maximum absolute atomic E-state index is 12.2.